The molecule has 0 saturated carbocycles. The average Bonchev–Trinajstić information content (AvgIpc) is 3.05. The van der Waals surface area contributed by atoms with Gasteiger partial charge in [-0.25, -0.2) is 0 Å². The number of aliphatic hydroxyl groups excluding tert-OH is 3. The molecule has 0 unspecified atom stereocenters. The minimum absolute atomic E-state index is 0.132. The quantitative estimate of drug-likeness (QED) is 0.207. The van der Waals surface area contributed by atoms with E-state index in [1.54, 1.807) is 41.5 Å². The van der Waals surface area contributed by atoms with Crippen LogP contribution in [-0.4, -0.2) is 154 Å². The molecule has 51 heavy (non-hydrogen) atoms. The minimum atomic E-state index is -1.80. The fourth-order valence-electron chi connectivity index (χ4n) is 8.36. The van der Waals surface area contributed by atoms with Gasteiger partial charge < -0.3 is 64.2 Å². The fourth-order valence-corrected chi connectivity index (χ4v) is 8.36. The van der Waals surface area contributed by atoms with Gasteiger partial charge in [-0.1, -0.05) is 20.8 Å². The van der Waals surface area contributed by atoms with Crippen molar-refractivity contribution in [2.24, 2.45) is 17.8 Å². The van der Waals surface area contributed by atoms with Crippen molar-refractivity contribution in [2.45, 2.75) is 185 Å². The standard InChI is InChI=1S/C37H70N2O12/c1-14-26-37(10,45)30(41)23(6)38-18-19(2)16-35(8,44)32(51-34-28(40)25(39(11)12)15-20(3)47-34)21(4)29(22(5)33(43)49-26)50-27-17-36(9,46-13)31(42)24(7)48-27/h19-32,34,38,40-42,44-45H,14-18H2,1-13H3/t19-,20+,21-,22+,23+,24-,25-,26-,27+,28-,29+,30+,31+,32-,34-,35+,36-,37+/m0/s1. The van der Waals surface area contributed by atoms with Gasteiger partial charge in [-0.3, -0.25) is 4.79 Å². The Morgan fingerprint density at radius 3 is 2.14 bits per heavy atom. The average molecular weight is 735 g/mol. The van der Waals surface area contributed by atoms with Crippen LogP contribution in [0.3, 0.4) is 0 Å². The summed E-state index contributed by atoms with van der Waals surface area (Å²) in [7, 11) is 5.27. The van der Waals surface area contributed by atoms with Crippen molar-refractivity contribution in [3.05, 3.63) is 0 Å². The third-order valence-corrected chi connectivity index (χ3v) is 11.7. The number of hydrogen-bond acceptors (Lipinski definition) is 14. The second-order valence-corrected chi connectivity index (χ2v) is 16.7. The van der Waals surface area contributed by atoms with Crippen molar-refractivity contribution < 1.29 is 58.7 Å². The lowest BCUT2D eigenvalue weighted by Crippen LogP contribution is -2.60. The maximum absolute atomic E-state index is 14.1. The second kappa shape index (κ2) is 17.6. The summed E-state index contributed by atoms with van der Waals surface area (Å²) in [5, 5.41) is 60.9. The Hall–Kier alpha value is -1.01. The van der Waals surface area contributed by atoms with Crippen molar-refractivity contribution in [1.82, 2.24) is 10.2 Å². The first-order valence-corrected chi connectivity index (χ1v) is 18.8. The monoisotopic (exact) mass is 734 g/mol. The number of likely N-dealkylation sites (N-methyl/N-ethyl adjacent to an activating group) is 1. The van der Waals surface area contributed by atoms with Crippen LogP contribution in [0.4, 0.5) is 0 Å². The SMILES string of the molecule is CC[C@@H]1OC(=O)[C@H](C)[C@H](O[C@@H]2C[C@](C)(OC)[C@H](O)[C@H](C)O2)[C@H](C)[C@H](O[C@@H]2O[C@H](C)C[C@H](N(C)C)[C@@H]2O)[C@](C)(O)C[C@H](C)CN[C@H](C)[C@@H](O)[C@]1(C)O. The van der Waals surface area contributed by atoms with Crippen molar-refractivity contribution in [3.63, 3.8) is 0 Å². The van der Waals surface area contributed by atoms with E-state index >= 15 is 0 Å². The molecule has 14 nitrogen and oxygen atoms in total. The molecule has 3 aliphatic heterocycles. The van der Waals surface area contributed by atoms with Crippen LogP contribution in [-0.2, 0) is 33.2 Å². The molecule has 0 bridgehead atoms. The number of nitrogens with zero attached hydrogens (tertiary/aromatic N) is 1. The molecule has 3 fully saturated rings. The maximum atomic E-state index is 14.1. The highest BCUT2D eigenvalue weighted by Gasteiger charge is 2.52. The zero-order chi connectivity index (χ0) is 38.8. The Morgan fingerprint density at radius 2 is 1.57 bits per heavy atom. The zero-order valence-electron chi connectivity index (χ0n) is 33.2. The highest BCUT2D eigenvalue weighted by molar-refractivity contribution is 5.73. The molecule has 3 rings (SSSR count). The molecule has 3 saturated heterocycles. The van der Waals surface area contributed by atoms with Gasteiger partial charge in [0.1, 0.15) is 30.0 Å². The molecule has 0 aliphatic carbocycles. The van der Waals surface area contributed by atoms with Crippen LogP contribution >= 0.6 is 0 Å². The predicted octanol–water partition coefficient (Wildman–Crippen LogP) is 1.56. The molecule has 0 aromatic heterocycles. The van der Waals surface area contributed by atoms with E-state index in [9.17, 15) is 30.3 Å². The van der Waals surface area contributed by atoms with Gasteiger partial charge in [0.15, 0.2) is 12.6 Å². The third-order valence-electron chi connectivity index (χ3n) is 11.7. The Bertz CT molecular complexity index is 1110. The largest absolute Gasteiger partial charge is 0.459 e. The number of carbonyl (C=O) groups excluding carboxylic acids is 1. The van der Waals surface area contributed by atoms with Gasteiger partial charge in [0.2, 0.25) is 0 Å². The van der Waals surface area contributed by atoms with Crippen LogP contribution < -0.4 is 5.32 Å². The molecule has 0 aromatic rings. The first-order chi connectivity index (χ1) is 23.5. The first-order valence-electron chi connectivity index (χ1n) is 18.8. The van der Waals surface area contributed by atoms with Gasteiger partial charge in [-0.15, -0.1) is 0 Å². The Morgan fingerprint density at radius 1 is 0.941 bits per heavy atom. The van der Waals surface area contributed by atoms with Crippen LogP contribution in [0, 0.1) is 17.8 Å². The fraction of sp³-hybridized carbons (Fsp3) is 0.973. The minimum Gasteiger partial charge on any atom is -0.459 e. The number of hydrogen-bond donors (Lipinski definition) is 6. The molecule has 0 amide bonds. The van der Waals surface area contributed by atoms with E-state index in [1.807, 2.05) is 39.8 Å². The summed E-state index contributed by atoms with van der Waals surface area (Å²) in [6.45, 7) is 17.8. The van der Waals surface area contributed by atoms with Gasteiger partial charge in [0.25, 0.3) is 0 Å². The lowest BCUT2D eigenvalue weighted by molar-refractivity contribution is -0.318. The van der Waals surface area contributed by atoms with Crippen molar-refractivity contribution in [2.75, 3.05) is 27.7 Å². The van der Waals surface area contributed by atoms with Crippen LogP contribution in [0.25, 0.3) is 0 Å². The number of cyclic esters (lactones) is 1. The Kier molecular flexibility index (Phi) is 15.3. The molecule has 14 heteroatoms. The van der Waals surface area contributed by atoms with Gasteiger partial charge in [-0.05, 0) is 94.3 Å². The van der Waals surface area contributed by atoms with Crippen molar-refractivity contribution in [1.29, 1.82) is 0 Å². The molecular weight excluding hydrogens is 664 g/mol. The number of ether oxygens (including phenoxy) is 6. The van der Waals surface area contributed by atoms with E-state index in [0.29, 0.717) is 13.0 Å². The number of carbonyl (C=O) groups is 1. The molecule has 0 aromatic carbocycles. The number of aliphatic hydroxyl groups is 5. The van der Waals surface area contributed by atoms with Gasteiger partial charge in [-0.2, -0.15) is 0 Å². The number of nitrogens with one attached hydrogen (secondary N) is 1. The van der Waals surface area contributed by atoms with Crippen LogP contribution in [0.2, 0.25) is 0 Å². The molecular formula is C37H70N2O12. The highest BCUT2D eigenvalue weighted by Crippen LogP contribution is 2.40. The predicted molar refractivity (Wildman–Crippen MR) is 190 cm³/mol. The second-order valence-electron chi connectivity index (χ2n) is 16.7. The Labute approximate surface area is 305 Å². The first kappa shape index (κ1) is 44.4. The van der Waals surface area contributed by atoms with E-state index in [1.165, 1.54) is 14.0 Å². The van der Waals surface area contributed by atoms with Gasteiger partial charge in [0.05, 0.1) is 41.5 Å². The molecule has 300 valence electrons. The number of rotatable bonds is 7. The molecule has 6 N–H and O–H groups in total. The van der Waals surface area contributed by atoms with Crippen molar-refractivity contribution >= 4 is 5.97 Å². The van der Waals surface area contributed by atoms with Gasteiger partial charge in [0, 0.05) is 31.5 Å². The topological polar surface area (TPSA) is 189 Å². The summed E-state index contributed by atoms with van der Waals surface area (Å²) < 4.78 is 37.4. The van der Waals surface area contributed by atoms with Gasteiger partial charge >= 0.3 is 5.97 Å². The molecule has 3 heterocycles. The zero-order valence-corrected chi connectivity index (χ0v) is 33.2. The normalized spacial score (nSPS) is 49.9. The van der Waals surface area contributed by atoms with Crippen LogP contribution in [0.5, 0.6) is 0 Å². The summed E-state index contributed by atoms with van der Waals surface area (Å²) in [6.07, 6.45) is -8.22. The third kappa shape index (κ3) is 10.2. The maximum Gasteiger partial charge on any atom is 0.311 e. The van der Waals surface area contributed by atoms with Crippen LogP contribution in [0.1, 0.15) is 94.9 Å². The van der Waals surface area contributed by atoms with E-state index in [-0.39, 0.29) is 37.3 Å². The van der Waals surface area contributed by atoms with E-state index in [0.717, 1.165) is 0 Å². The molecule has 0 radical (unpaired) electrons. The number of esters is 1. The van der Waals surface area contributed by atoms with Crippen molar-refractivity contribution in [3.8, 4) is 0 Å². The lowest BCUT2D eigenvalue weighted by Gasteiger charge is -2.48. The summed E-state index contributed by atoms with van der Waals surface area (Å²) in [5.41, 5.74) is -4.37. The highest BCUT2D eigenvalue weighted by atomic mass is 16.7. The number of methoxy groups -OCH3 is 1. The van der Waals surface area contributed by atoms with E-state index in [4.69, 9.17) is 28.4 Å². The summed E-state index contributed by atoms with van der Waals surface area (Å²) in [4.78, 5) is 16.1. The molecule has 3 aliphatic rings. The molecule has 0 spiro atoms. The molecule has 18 atom stereocenters. The van der Waals surface area contributed by atoms with E-state index in [2.05, 4.69) is 5.32 Å². The summed E-state index contributed by atoms with van der Waals surface area (Å²) in [5.74, 6) is -2.60. The smallest absolute Gasteiger partial charge is 0.311 e. The summed E-state index contributed by atoms with van der Waals surface area (Å²) in [6, 6.07) is -0.858. The van der Waals surface area contributed by atoms with Crippen LogP contribution in [0.15, 0.2) is 0 Å². The lowest BCUT2D eigenvalue weighted by atomic mass is 9.77. The van der Waals surface area contributed by atoms with E-state index < -0.39 is 96.0 Å². The summed E-state index contributed by atoms with van der Waals surface area (Å²) >= 11 is 0. The Balaban J connectivity index is 2.15.